The Labute approximate surface area is 378 Å². The first-order valence-electron chi connectivity index (χ1n) is 21.2. The fourth-order valence-corrected chi connectivity index (χ4v) is 10.1. The van der Waals surface area contributed by atoms with Gasteiger partial charge in [-0.3, -0.25) is 38.5 Å². The van der Waals surface area contributed by atoms with E-state index in [1.54, 1.807) is 6.92 Å². The van der Waals surface area contributed by atoms with Gasteiger partial charge in [0.1, 0.15) is 42.0 Å². The van der Waals surface area contributed by atoms with E-state index in [0.717, 1.165) is 57.5 Å². The highest BCUT2D eigenvalue weighted by molar-refractivity contribution is 5.91. The Balaban J connectivity index is 1.81. The molecule has 0 unspecified atom stereocenters. The summed E-state index contributed by atoms with van der Waals surface area (Å²) in [6, 6.07) is 3.67. The number of ether oxygens (including phenoxy) is 9. The van der Waals surface area contributed by atoms with Gasteiger partial charge in [-0.1, -0.05) is 27.7 Å². The summed E-state index contributed by atoms with van der Waals surface area (Å²) in [6.07, 6.45) is -8.91. The van der Waals surface area contributed by atoms with Gasteiger partial charge in [0.25, 0.3) is 0 Å². The molecule has 13 atom stereocenters. The number of aryl methyl sites for hydroxylation is 1. The van der Waals surface area contributed by atoms with Crippen molar-refractivity contribution in [1.29, 1.82) is 0 Å². The molecule has 2 aliphatic heterocycles. The van der Waals surface area contributed by atoms with Gasteiger partial charge in [-0.15, -0.1) is 0 Å². The minimum absolute atomic E-state index is 0.0723. The van der Waals surface area contributed by atoms with Crippen molar-refractivity contribution in [1.82, 2.24) is 9.55 Å². The van der Waals surface area contributed by atoms with E-state index >= 15 is 0 Å². The van der Waals surface area contributed by atoms with Crippen LogP contribution in [0.3, 0.4) is 0 Å². The van der Waals surface area contributed by atoms with E-state index in [2.05, 4.69) is 4.98 Å². The number of hydrogen-bond donors (Lipinski definition) is 1. The molecule has 4 heterocycles. The molecule has 2 saturated carbocycles. The van der Waals surface area contributed by atoms with Crippen LogP contribution in [0, 0.1) is 23.2 Å². The minimum atomic E-state index is -2.94. The molecule has 6 rings (SSSR count). The quantitative estimate of drug-likeness (QED) is 0.277. The number of fused-ring (bicyclic) bond motifs is 5. The van der Waals surface area contributed by atoms with E-state index in [1.165, 1.54) is 53.2 Å². The third-order valence-electron chi connectivity index (χ3n) is 13.2. The lowest BCUT2D eigenvalue weighted by Crippen LogP contribution is -2.89. The van der Waals surface area contributed by atoms with Crippen molar-refractivity contribution in [3.8, 4) is 0 Å². The Bertz CT molecular complexity index is 2390. The molecular weight excluding hydrogens is 872 g/mol. The van der Waals surface area contributed by atoms with Crippen molar-refractivity contribution >= 4 is 47.8 Å². The molecule has 2 aromatic heterocycles. The smallest absolute Gasteiger partial charge is 0.340 e. The largest absolute Gasteiger partial charge is 0.465 e. The van der Waals surface area contributed by atoms with Gasteiger partial charge < -0.3 is 52.3 Å². The normalized spacial score (nSPS) is 34.7. The Kier molecular flexibility index (Phi) is 13.3. The van der Waals surface area contributed by atoms with Gasteiger partial charge in [-0.25, -0.2) is 9.59 Å². The molecule has 2 aliphatic carbocycles. The highest BCUT2D eigenvalue weighted by Gasteiger charge is 2.92. The Hall–Kier alpha value is -6.22. The average Bonchev–Trinajstić information content (AvgIpc) is 3.45. The maximum atomic E-state index is 14.7. The lowest BCUT2D eigenvalue weighted by Gasteiger charge is -2.67. The average molecular weight is 927 g/mol. The molecule has 1 N–H and O–H groups in total. The highest BCUT2D eigenvalue weighted by Crippen LogP contribution is 2.70. The van der Waals surface area contributed by atoms with Crippen LogP contribution in [0.25, 0.3) is 0 Å². The molecule has 1 saturated heterocycles. The van der Waals surface area contributed by atoms with E-state index in [-0.39, 0.29) is 16.7 Å². The standard InChI is InChI=1S/C45H54N2O19/c1-20(2)38(53)63-32-31-34(60-24(6)49)45-43(10,57)35(65-39(54)22(4)21(3)28-14-15-46-16-29(28)41(56)59-18-42(31,9)66-45)33(64-40(55)27-12-13-30(52)47(11)17-27)37(62-26(8)51)44(45,19-58-23(5)48)36(32)61-25(7)50/h12-17,20-22,31-37,57H,18-19H2,1-11H3/t21-,22+,31+,32+,33-,34+,35-,36+,37-,42-,43-,44+,45-/m0/s1. The lowest BCUT2D eigenvalue weighted by molar-refractivity contribution is -0.386. The second-order valence-corrected chi connectivity index (χ2v) is 18.0. The van der Waals surface area contributed by atoms with Crippen LogP contribution in [0.5, 0.6) is 0 Å². The van der Waals surface area contributed by atoms with E-state index < -0.39 is 149 Å². The molecule has 21 heteroatoms. The first kappa shape index (κ1) is 49.2. The number of rotatable bonds is 9. The fraction of sp³-hybridized carbons (Fsp3) is 0.600. The van der Waals surface area contributed by atoms with Gasteiger partial charge in [0, 0.05) is 59.4 Å². The monoisotopic (exact) mass is 926 g/mol. The maximum absolute atomic E-state index is 14.7. The van der Waals surface area contributed by atoms with Gasteiger partial charge >= 0.3 is 47.8 Å². The van der Waals surface area contributed by atoms with Gasteiger partial charge in [0.05, 0.1) is 28.9 Å². The van der Waals surface area contributed by atoms with Crippen molar-refractivity contribution in [3.05, 3.63) is 63.8 Å². The topological polar surface area (TPSA) is 275 Å². The van der Waals surface area contributed by atoms with Gasteiger partial charge in [-0.2, -0.15) is 0 Å². The zero-order valence-electron chi connectivity index (χ0n) is 38.3. The van der Waals surface area contributed by atoms with Crippen LogP contribution >= 0.6 is 0 Å². The summed E-state index contributed by atoms with van der Waals surface area (Å²) in [5.41, 5.74) is -11.2. The molecule has 21 nitrogen and oxygen atoms in total. The Morgan fingerprint density at radius 1 is 0.833 bits per heavy atom. The van der Waals surface area contributed by atoms with Crippen molar-refractivity contribution in [2.45, 2.75) is 129 Å². The van der Waals surface area contributed by atoms with Crippen LogP contribution in [0.1, 0.15) is 101 Å². The third-order valence-corrected chi connectivity index (χ3v) is 13.2. The summed E-state index contributed by atoms with van der Waals surface area (Å²) in [7, 11) is 1.35. The molecule has 358 valence electrons. The predicted molar refractivity (Wildman–Crippen MR) is 220 cm³/mol. The van der Waals surface area contributed by atoms with Gasteiger partial charge in [0.15, 0.2) is 30.0 Å². The summed E-state index contributed by atoms with van der Waals surface area (Å²) in [6.45, 7) is 10.5. The molecular formula is C45H54N2O19. The van der Waals surface area contributed by atoms with E-state index in [4.69, 9.17) is 42.6 Å². The Morgan fingerprint density at radius 3 is 2.02 bits per heavy atom. The van der Waals surface area contributed by atoms with Crippen LogP contribution in [0.2, 0.25) is 0 Å². The van der Waals surface area contributed by atoms with E-state index in [9.17, 15) is 48.3 Å². The van der Waals surface area contributed by atoms with Crippen LogP contribution in [-0.2, 0) is 78.4 Å². The fourth-order valence-electron chi connectivity index (χ4n) is 10.1. The molecule has 4 bridgehead atoms. The predicted octanol–water partition coefficient (Wildman–Crippen LogP) is 1.66. The SMILES string of the molecule is CC(=O)OC[C@]12[C@H](OC(C)=O)[C@H](OC(=O)C(C)C)[C@@H]3[C@@H](OC(C)=O)[C@@]14O[C@@]3(C)COC(=O)c1cnccc1[C@@H](C)[C@@H](C)C(=O)O[C@@H]([C@H](OC(=O)c1ccc(=O)n(C)c1)[C@@H]2OC(C)=O)[C@]4(C)O. The second kappa shape index (κ2) is 17.9. The molecule has 3 fully saturated rings. The number of esters is 8. The number of pyridine rings is 2. The van der Waals surface area contributed by atoms with E-state index in [0.29, 0.717) is 0 Å². The third kappa shape index (κ3) is 8.09. The van der Waals surface area contributed by atoms with Crippen molar-refractivity contribution in [2.24, 2.45) is 30.2 Å². The molecule has 2 aromatic rings. The number of cyclic esters (lactones) is 1. The van der Waals surface area contributed by atoms with Crippen molar-refractivity contribution in [3.63, 3.8) is 0 Å². The molecule has 0 amide bonds. The van der Waals surface area contributed by atoms with Crippen molar-refractivity contribution < 1.29 is 86.1 Å². The minimum Gasteiger partial charge on any atom is -0.465 e. The molecule has 1 spiro atoms. The summed E-state index contributed by atoms with van der Waals surface area (Å²) in [4.78, 5) is 128. The second-order valence-electron chi connectivity index (χ2n) is 18.0. The van der Waals surface area contributed by atoms with Crippen LogP contribution < -0.4 is 5.56 Å². The van der Waals surface area contributed by atoms with Gasteiger partial charge in [0.2, 0.25) is 5.56 Å². The van der Waals surface area contributed by atoms with Crippen LogP contribution in [-0.4, -0.2) is 129 Å². The van der Waals surface area contributed by atoms with E-state index in [1.807, 2.05) is 0 Å². The Morgan fingerprint density at radius 2 is 1.44 bits per heavy atom. The lowest BCUT2D eigenvalue weighted by atomic mass is 9.45. The molecule has 66 heavy (non-hydrogen) atoms. The summed E-state index contributed by atoms with van der Waals surface area (Å²) in [5, 5.41) is 13.8. The molecule has 4 aliphatic rings. The van der Waals surface area contributed by atoms with Gasteiger partial charge in [-0.05, 0) is 37.5 Å². The summed E-state index contributed by atoms with van der Waals surface area (Å²) < 4.78 is 57.0. The summed E-state index contributed by atoms with van der Waals surface area (Å²) in [5.74, 6) is -13.0. The molecule has 0 aromatic carbocycles. The first-order chi connectivity index (χ1) is 30.7. The number of aromatic nitrogens is 2. The zero-order chi connectivity index (χ0) is 49.0. The number of carbonyl (C=O) groups excluding carboxylic acids is 8. The molecule has 0 radical (unpaired) electrons. The van der Waals surface area contributed by atoms with Crippen molar-refractivity contribution in [2.75, 3.05) is 13.2 Å². The number of hydrogen-bond acceptors (Lipinski definition) is 20. The summed E-state index contributed by atoms with van der Waals surface area (Å²) >= 11 is 0. The number of carbonyl (C=O) groups is 8. The zero-order valence-corrected chi connectivity index (χ0v) is 38.3. The number of nitrogens with zero attached hydrogens (tertiary/aromatic N) is 2. The highest BCUT2D eigenvalue weighted by atomic mass is 16.7. The van der Waals surface area contributed by atoms with Crippen LogP contribution in [0.4, 0.5) is 0 Å². The maximum Gasteiger partial charge on any atom is 0.340 e. The first-order valence-corrected chi connectivity index (χ1v) is 21.2. The van der Waals surface area contributed by atoms with Crippen LogP contribution in [0.15, 0.2) is 41.6 Å². The number of aliphatic hydroxyl groups is 1.